The first-order chi connectivity index (χ1) is 17.9. The summed E-state index contributed by atoms with van der Waals surface area (Å²) >= 11 is 0. The van der Waals surface area contributed by atoms with E-state index in [-0.39, 0.29) is 29.1 Å². The van der Waals surface area contributed by atoms with E-state index >= 15 is 4.39 Å². The van der Waals surface area contributed by atoms with Gasteiger partial charge in [-0.05, 0) is 38.1 Å². The number of rotatable bonds is 6. The zero-order valence-corrected chi connectivity index (χ0v) is 19.0. The van der Waals surface area contributed by atoms with E-state index in [9.17, 15) is 13.2 Å². The molecule has 1 saturated heterocycles. The molecule has 1 aromatic carbocycles. The number of likely N-dealkylation sites (tertiary alicyclic amines) is 1. The molecule has 3 aromatic heterocycles. The molecule has 0 radical (unpaired) electrons. The van der Waals surface area contributed by atoms with Gasteiger partial charge in [-0.25, -0.2) is 27.1 Å². The molecular formula is C23H25F4N7O. The van der Waals surface area contributed by atoms with Crippen LogP contribution in [0.5, 0.6) is 5.88 Å². The molecule has 1 aliphatic rings. The van der Waals surface area contributed by atoms with E-state index in [0.717, 1.165) is 10.7 Å². The van der Waals surface area contributed by atoms with Gasteiger partial charge in [0.1, 0.15) is 17.5 Å². The molecular weight excluding hydrogens is 466 g/mol. The Labute approximate surface area is 202 Å². The summed E-state index contributed by atoms with van der Waals surface area (Å²) in [5, 5.41) is 7.11. The van der Waals surface area contributed by atoms with Crippen molar-refractivity contribution in [2.24, 2.45) is 0 Å². The van der Waals surface area contributed by atoms with E-state index in [1.54, 1.807) is 20.0 Å². The standard InChI is InChI=1S/C23H25F4N7O/c1-12-28-17-5-4-13(8-18(17)33(12)11-19(26)27)20-15(25)10-34-21(20)22(35-3)30-23(31-34)29-16-6-7-32(2)9-14(16)24/h4-5,8,10,14,16,19H,6-7,9,11H2,1-3H3,(H,29,31)/t14-,16+/m1/s1/i3D3. The first-order valence-electron chi connectivity index (χ1n) is 12.5. The summed E-state index contributed by atoms with van der Waals surface area (Å²) in [7, 11) is -1.13. The highest BCUT2D eigenvalue weighted by atomic mass is 19.3. The lowest BCUT2D eigenvalue weighted by Gasteiger charge is -2.32. The number of alkyl halides is 3. The molecule has 0 saturated carbocycles. The molecule has 0 unspecified atom stereocenters. The van der Waals surface area contributed by atoms with Crippen molar-refractivity contribution in [2.75, 3.05) is 32.5 Å². The molecule has 1 fully saturated rings. The van der Waals surface area contributed by atoms with Gasteiger partial charge in [-0.3, -0.25) is 0 Å². The lowest BCUT2D eigenvalue weighted by molar-refractivity contribution is 0.127. The van der Waals surface area contributed by atoms with Crippen molar-refractivity contribution >= 4 is 22.5 Å². The number of imidazole rings is 1. The summed E-state index contributed by atoms with van der Waals surface area (Å²) in [6.07, 6.45) is -2.39. The molecule has 0 amide bonds. The number of methoxy groups -OCH3 is 1. The van der Waals surface area contributed by atoms with E-state index in [1.807, 2.05) is 4.90 Å². The minimum absolute atomic E-state index is 0.0807. The van der Waals surface area contributed by atoms with Gasteiger partial charge >= 0.3 is 0 Å². The largest absolute Gasteiger partial charge is 0.479 e. The molecule has 4 heterocycles. The maximum Gasteiger partial charge on any atom is 0.256 e. The number of nitrogens with one attached hydrogen (secondary N) is 1. The summed E-state index contributed by atoms with van der Waals surface area (Å²) in [5.74, 6) is -0.977. The SMILES string of the molecule is [2H]C([2H])([2H])Oc1nc(N[C@H]2CCN(C)C[C@H]2F)nn2cc(F)c(-c3ccc4nc(C)n(CC(F)F)c4c3)c12. The Morgan fingerprint density at radius 3 is 2.89 bits per heavy atom. The minimum atomic E-state index is -2.93. The van der Waals surface area contributed by atoms with Crippen molar-refractivity contribution in [2.45, 2.75) is 38.5 Å². The molecule has 4 aromatic rings. The summed E-state index contributed by atoms with van der Waals surface area (Å²) < 4.78 is 86.7. The molecule has 0 bridgehead atoms. The summed E-state index contributed by atoms with van der Waals surface area (Å²) in [6, 6.07) is 3.96. The van der Waals surface area contributed by atoms with Crippen LogP contribution < -0.4 is 10.1 Å². The average Bonchev–Trinajstić information content (AvgIpc) is 3.29. The van der Waals surface area contributed by atoms with Crippen LogP contribution in [0.2, 0.25) is 0 Å². The third-order valence-electron chi connectivity index (χ3n) is 6.26. The lowest BCUT2D eigenvalue weighted by atomic mass is 10.0. The van der Waals surface area contributed by atoms with Crippen LogP contribution in [0.1, 0.15) is 16.4 Å². The van der Waals surface area contributed by atoms with Crippen LogP contribution in [0.15, 0.2) is 24.4 Å². The number of nitrogens with zero attached hydrogens (tertiary/aromatic N) is 6. The van der Waals surface area contributed by atoms with Gasteiger partial charge in [0.05, 0.1) is 46.5 Å². The highest BCUT2D eigenvalue weighted by Gasteiger charge is 2.29. The number of benzene rings is 1. The van der Waals surface area contributed by atoms with Crippen LogP contribution in [-0.2, 0) is 6.54 Å². The number of ether oxygens (including phenoxy) is 1. The molecule has 35 heavy (non-hydrogen) atoms. The average molecular weight is 495 g/mol. The van der Waals surface area contributed by atoms with E-state index in [2.05, 4.69) is 20.4 Å². The Morgan fingerprint density at radius 2 is 2.14 bits per heavy atom. The van der Waals surface area contributed by atoms with Crippen molar-refractivity contribution in [1.82, 2.24) is 29.0 Å². The van der Waals surface area contributed by atoms with Crippen LogP contribution >= 0.6 is 0 Å². The maximum atomic E-state index is 15.4. The maximum absolute atomic E-state index is 15.4. The molecule has 1 aliphatic heterocycles. The van der Waals surface area contributed by atoms with Crippen molar-refractivity contribution in [3.05, 3.63) is 36.0 Å². The molecule has 1 N–H and O–H groups in total. The summed E-state index contributed by atoms with van der Waals surface area (Å²) in [5.41, 5.74) is 0.888. The van der Waals surface area contributed by atoms with Crippen LogP contribution in [0.25, 0.3) is 27.7 Å². The molecule has 2 atom stereocenters. The predicted octanol–water partition coefficient (Wildman–Crippen LogP) is 3.92. The van der Waals surface area contributed by atoms with Gasteiger partial charge < -0.3 is 19.5 Å². The topological polar surface area (TPSA) is 72.5 Å². The van der Waals surface area contributed by atoms with Crippen LogP contribution in [-0.4, -0.2) is 74.9 Å². The lowest BCUT2D eigenvalue weighted by Crippen LogP contribution is -2.46. The predicted molar refractivity (Wildman–Crippen MR) is 123 cm³/mol. The van der Waals surface area contributed by atoms with Gasteiger partial charge in [0.2, 0.25) is 11.8 Å². The number of hydrogen-bond acceptors (Lipinski definition) is 6. The van der Waals surface area contributed by atoms with Crippen molar-refractivity contribution in [3.63, 3.8) is 0 Å². The van der Waals surface area contributed by atoms with Crippen molar-refractivity contribution in [3.8, 4) is 17.0 Å². The summed E-state index contributed by atoms with van der Waals surface area (Å²) in [4.78, 5) is 10.3. The number of aryl methyl sites for hydroxylation is 1. The fourth-order valence-corrected chi connectivity index (χ4v) is 4.58. The van der Waals surface area contributed by atoms with E-state index in [1.165, 1.54) is 16.7 Å². The Hall–Kier alpha value is -3.41. The number of hydrogen-bond donors (Lipinski definition) is 1. The third-order valence-corrected chi connectivity index (χ3v) is 6.26. The third kappa shape index (κ3) is 4.26. The second-order valence-corrected chi connectivity index (χ2v) is 8.67. The van der Waals surface area contributed by atoms with Gasteiger partial charge in [0.25, 0.3) is 6.43 Å². The first kappa shape index (κ1) is 19.8. The summed E-state index contributed by atoms with van der Waals surface area (Å²) in [6.45, 7) is 1.83. The van der Waals surface area contributed by atoms with Gasteiger partial charge in [-0.15, -0.1) is 5.10 Å². The normalized spacial score (nSPS) is 20.8. The zero-order chi connectivity index (χ0) is 27.4. The highest BCUT2D eigenvalue weighted by Crippen LogP contribution is 2.36. The zero-order valence-electron chi connectivity index (χ0n) is 22.0. The van der Waals surface area contributed by atoms with Crippen LogP contribution in [0, 0.1) is 12.7 Å². The smallest absolute Gasteiger partial charge is 0.256 e. The Balaban J connectivity index is 1.63. The molecule has 186 valence electrons. The van der Waals surface area contributed by atoms with E-state index in [0.29, 0.717) is 29.8 Å². The van der Waals surface area contributed by atoms with Gasteiger partial charge in [0.15, 0.2) is 5.82 Å². The number of anilines is 1. The Morgan fingerprint density at radius 1 is 1.31 bits per heavy atom. The number of piperidine rings is 1. The first-order valence-corrected chi connectivity index (χ1v) is 11.0. The fourth-order valence-electron chi connectivity index (χ4n) is 4.58. The van der Waals surface area contributed by atoms with Gasteiger partial charge in [-0.2, -0.15) is 4.98 Å². The highest BCUT2D eigenvalue weighted by molar-refractivity contribution is 5.90. The molecule has 8 nitrogen and oxygen atoms in total. The van der Waals surface area contributed by atoms with Crippen LogP contribution in [0.3, 0.4) is 0 Å². The van der Waals surface area contributed by atoms with E-state index in [4.69, 9.17) is 8.85 Å². The molecule has 5 rings (SSSR count). The van der Waals surface area contributed by atoms with Crippen LogP contribution in [0.4, 0.5) is 23.5 Å². The quantitative estimate of drug-likeness (QED) is 0.410. The monoisotopic (exact) mass is 494 g/mol. The second kappa shape index (κ2) is 8.99. The number of fused-ring (bicyclic) bond motifs is 2. The van der Waals surface area contributed by atoms with Crippen molar-refractivity contribution < 1.29 is 26.4 Å². The second-order valence-electron chi connectivity index (χ2n) is 8.67. The van der Waals surface area contributed by atoms with E-state index < -0.39 is 43.9 Å². The van der Waals surface area contributed by atoms with Gasteiger partial charge in [-0.1, -0.05) is 6.07 Å². The van der Waals surface area contributed by atoms with Gasteiger partial charge in [0, 0.05) is 13.1 Å². The van der Waals surface area contributed by atoms with Crippen molar-refractivity contribution in [1.29, 1.82) is 0 Å². The molecule has 12 heteroatoms. The molecule has 0 aliphatic carbocycles. The fraction of sp³-hybridized carbons (Fsp3) is 0.435. The Bertz CT molecular complexity index is 1490. The minimum Gasteiger partial charge on any atom is -0.479 e. The number of halogens is 4. The molecule has 0 spiro atoms. The number of aromatic nitrogens is 5. The Kier molecular flexibility index (Phi) is 5.10.